The third-order valence-electron chi connectivity index (χ3n) is 3.24. The Morgan fingerprint density at radius 1 is 1.28 bits per heavy atom. The largest absolute Gasteiger partial charge is 0.478 e. The van der Waals surface area contributed by atoms with Gasteiger partial charge in [0.1, 0.15) is 5.52 Å². The summed E-state index contributed by atoms with van der Waals surface area (Å²) in [6.07, 6.45) is 5.63. The van der Waals surface area contributed by atoms with E-state index in [1.165, 1.54) is 6.42 Å². The van der Waals surface area contributed by atoms with Crippen LogP contribution in [0.2, 0.25) is 0 Å². The molecule has 0 radical (unpaired) electrons. The first-order valence-electron chi connectivity index (χ1n) is 6.33. The molecule has 0 bridgehead atoms. The van der Waals surface area contributed by atoms with E-state index in [0.717, 1.165) is 30.9 Å². The van der Waals surface area contributed by atoms with Crippen molar-refractivity contribution in [2.75, 3.05) is 19.7 Å². The number of pyridine rings is 1. The molecule has 3 heterocycles. The molecule has 1 unspecified atom stereocenters. The molecule has 0 amide bonds. The first-order valence-corrected chi connectivity index (χ1v) is 6.33. The average Bonchev–Trinajstić information content (AvgIpc) is 2.92. The second-order valence-corrected chi connectivity index (χ2v) is 4.54. The third-order valence-corrected chi connectivity index (χ3v) is 3.24. The van der Waals surface area contributed by atoms with Crippen LogP contribution in [0.1, 0.15) is 12.8 Å². The molecule has 1 saturated heterocycles. The fourth-order valence-corrected chi connectivity index (χ4v) is 2.21. The van der Waals surface area contributed by atoms with E-state index in [4.69, 9.17) is 4.74 Å². The minimum Gasteiger partial charge on any atom is -0.478 e. The van der Waals surface area contributed by atoms with Gasteiger partial charge in [-0.15, -0.1) is 0 Å². The van der Waals surface area contributed by atoms with Gasteiger partial charge in [0.05, 0.1) is 6.61 Å². The highest BCUT2D eigenvalue weighted by atomic mass is 16.5. The van der Waals surface area contributed by atoms with Gasteiger partial charge >= 0.3 is 0 Å². The lowest BCUT2D eigenvalue weighted by Crippen LogP contribution is -2.12. The predicted octanol–water partition coefficient (Wildman–Crippen LogP) is 1.40. The maximum Gasteiger partial charge on any atom is 0.215 e. The van der Waals surface area contributed by atoms with Gasteiger partial charge in [-0.05, 0) is 37.9 Å². The minimum absolute atomic E-state index is 0.633. The van der Waals surface area contributed by atoms with Crippen molar-refractivity contribution in [2.24, 2.45) is 5.92 Å². The fraction of sp³-hybridized carbons (Fsp3) is 0.462. The van der Waals surface area contributed by atoms with Crippen LogP contribution < -0.4 is 10.1 Å². The van der Waals surface area contributed by atoms with Crippen LogP contribution in [-0.4, -0.2) is 34.6 Å². The molecule has 5 heteroatoms. The SMILES string of the molecule is c1cnc2nc(OCCC3CCNC3)ccc2n1. The van der Waals surface area contributed by atoms with Crippen molar-refractivity contribution in [1.82, 2.24) is 20.3 Å². The second-order valence-electron chi connectivity index (χ2n) is 4.54. The fourth-order valence-electron chi connectivity index (χ4n) is 2.21. The molecule has 3 rings (SSSR count). The average molecular weight is 244 g/mol. The van der Waals surface area contributed by atoms with Crippen molar-refractivity contribution in [3.05, 3.63) is 24.5 Å². The highest BCUT2D eigenvalue weighted by molar-refractivity contribution is 5.69. The number of hydrogen-bond donors (Lipinski definition) is 1. The van der Waals surface area contributed by atoms with Crippen LogP contribution in [0.4, 0.5) is 0 Å². The molecule has 94 valence electrons. The number of hydrogen-bond acceptors (Lipinski definition) is 5. The van der Waals surface area contributed by atoms with E-state index in [9.17, 15) is 0 Å². The highest BCUT2D eigenvalue weighted by Crippen LogP contribution is 2.15. The number of nitrogens with one attached hydrogen (secondary N) is 1. The number of rotatable bonds is 4. The summed E-state index contributed by atoms with van der Waals surface area (Å²) in [6.45, 7) is 2.96. The van der Waals surface area contributed by atoms with Crippen molar-refractivity contribution in [2.45, 2.75) is 12.8 Å². The Hall–Kier alpha value is -1.75. The van der Waals surface area contributed by atoms with Crippen LogP contribution in [0.5, 0.6) is 5.88 Å². The zero-order valence-corrected chi connectivity index (χ0v) is 10.2. The summed E-state index contributed by atoms with van der Waals surface area (Å²) in [5, 5.41) is 3.36. The number of fused-ring (bicyclic) bond motifs is 1. The van der Waals surface area contributed by atoms with Gasteiger partial charge in [-0.2, -0.15) is 4.98 Å². The summed E-state index contributed by atoms with van der Waals surface area (Å²) in [6, 6.07) is 3.74. The van der Waals surface area contributed by atoms with Gasteiger partial charge in [-0.25, -0.2) is 4.98 Å². The lowest BCUT2D eigenvalue weighted by Gasteiger charge is -2.09. The van der Waals surface area contributed by atoms with Gasteiger partial charge in [0.25, 0.3) is 0 Å². The van der Waals surface area contributed by atoms with Gasteiger partial charge in [0.15, 0.2) is 5.65 Å². The molecule has 1 fully saturated rings. The summed E-state index contributed by atoms with van der Waals surface area (Å²) in [5.41, 5.74) is 1.43. The van der Waals surface area contributed by atoms with E-state index in [0.29, 0.717) is 18.1 Å². The van der Waals surface area contributed by atoms with Crippen LogP contribution >= 0.6 is 0 Å². The molecule has 0 aromatic carbocycles. The van der Waals surface area contributed by atoms with E-state index in [2.05, 4.69) is 20.3 Å². The summed E-state index contributed by atoms with van der Waals surface area (Å²) in [5.74, 6) is 1.37. The number of aromatic nitrogens is 3. The first kappa shape index (κ1) is 11.3. The first-order chi connectivity index (χ1) is 8.92. The molecule has 18 heavy (non-hydrogen) atoms. The molecule has 1 aliphatic rings. The van der Waals surface area contributed by atoms with Gasteiger partial charge in [0, 0.05) is 18.5 Å². The van der Waals surface area contributed by atoms with Crippen molar-refractivity contribution in [3.8, 4) is 5.88 Å². The topological polar surface area (TPSA) is 59.9 Å². The summed E-state index contributed by atoms with van der Waals surface area (Å²) >= 11 is 0. The van der Waals surface area contributed by atoms with Crippen molar-refractivity contribution < 1.29 is 4.74 Å². The molecular weight excluding hydrogens is 228 g/mol. The van der Waals surface area contributed by atoms with Crippen LogP contribution in [0.3, 0.4) is 0 Å². The molecule has 5 nitrogen and oxygen atoms in total. The molecule has 0 spiro atoms. The Labute approximate surface area is 106 Å². The molecule has 2 aromatic rings. The van der Waals surface area contributed by atoms with Gasteiger partial charge < -0.3 is 10.1 Å². The predicted molar refractivity (Wildman–Crippen MR) is 68.4 cm³/mol. The van der Waals surface area contributed by atoms with Crippen molar-refractivity contribution >= 4 is 11.2 Å². The smallest absolute Gasteiger partial charge is 0.215 e. The normalized spacial score (nSPS) is 19.2. The third kappa shape index (κ3) is 2.56. The molecule has 0 aliphatic carbocycles. The molecule has 1 atom stereocenters. The second kappa shape index (κ2) is 5.27. The number of nitrogens with zero attached hydrogens (tertiary/aromatic N) is 3. The Kier molecular flexibility index (Phi) is 3.32. The summed E-state index contributed by atoms with van der Waals surface area (Å²) in [4.78, 5) is 12.7. The van der Waals surface area contributed by atoms with Gasteiger partial charge in [-0.1, -0.05) is 0 Å². The van der Waals surface area contributed by atoms with E-state index in [-0.39, 0.29) is 0 Å². The molecular formula is C13H16N4O. The zero-order valence-electron chi connectivity index (χ0n) is 10.2. The summed E-state index contributed by atoms with van der Waals surface area (Å²) in [7, 11) is 0. The maximum atomic E-state index is 5.67. The van der Waals surface area contributed by atoms with Crippen molar-refractivity contribution in [3.63, 3.8) is 0 Å². The van der Waals surface area contributed by atoms with Crippen LogP contribution in [0.15, 0.2) is 24.5 Å². The van der Waals surface area contributed by atoms with Crippen LogP contribution in [0.25, 0.3) is 11.2 Å². The van der Waals surface area contributed by atoms with E-state index >= 15 is 0 Å². The van der Waals surface area contributed by atoms with E-state index in [1.54, 1.807) is 12.4 Å². The minimum atomic E-state index is 0.633. The Bertz CT molecular complexity index is 525. The lowest BCUT2D eigenvalue weighted by atomic mass is 10.1. The monoisotopic (exact) mass is 244 g/mol. The van der Waals surface area contributed by atoms with Crippen LogP contribution in [-0.2, 0) is 0 Å². The summed E-state index contributed by atoms with van der Waals surface area (Å²) < 4.78 is 5.67. The quantitative estimate of drug-likeness (QED) is 0.881. The molecule has 1 N–H and O–H groups in total. The number of ether oxygens (including phenoxy) is 1. The Balaban J connectivity index is 1.60. The molecule has 2 aromatic heterocycles. The molecule has 0 saturated carbocycles. The van der Waals surface area contributed by atoms with E-state index in [1.807, 2.05) is 12.1 Å². The Morgan fingerprint density at radius 3 is 3.11 bits per heavy atom. The lowest BCUT2D eigenvalue weighted by molar-refractivity contribution is 0.275. The van der Waals surface area contributed by atoms with Gasteiger partial charge in [0.2, 0.25) is 5.88 Å². The Morgan fingerprint density at radius 2 is 2.22 bits per heavy atom. The molecule has 1 aliphatic heterocycles. The van der Waals surface area contributed by atoms with Gasteiger partial charge in [-0.3, -0.25) is 4.98 Å². The standard InChI is InChI=1S/C13H16N4O/c1-2-12(17-13-11(1)15-6-7-16-13)18-8-4-10-3-5-14-9-10/h1-2,6-7,10,14H,3-5,8-9H2. The zero-order chi connectivity index (χ0) is 12.2. The maximum absolute atomic E-state index is 5.67. The van der Waals surface area contributed by atoms with E-state index < -0.39 is 0 Å². The van der Waals surface area contributed by atoms with Crippen LogP contribution in [0, 0.1) is 5.92 Å². The highest BCUT2D eigenvalue weighted by Gasteiger charge is 2.14. The van der Waals surface area contributed by atoms with Crippen molar-refractivity contribution in [1.29, 1.82) is 0 Å².